The van der Waals surface area contributed by atoms with Gasteiger partial charge in [0, 0.05) is 42.4 Å². The van der Waals surface area contributed by atoms with Crippen molar-refractivity contribution in [1.82, 2.24) is 20.9 Å². The fraction of sp³-hybridized carbons (Fsp3) is 0.154. The summed E-state index contributed by atoms with van der Waals surface area (Å²) in [4.78, 5) is 16.7. The molecule has 0 aliphatic carbocycles. The predicted octanol–water partition coefficient (Wildman–Crippen LogP) is 3.85. The molecule has 0 saturated carbocycles. The standard InChI is InChI=1S/C26H28FN7O/c1-16-7-6-10-25(32-16)34-22(14-24(29)33-17(2)19-8-4-5-9-21(19)27)18-11-12-31-23(13-18)20(15-28)26(35)30-3/h4-15,17,28,31H,1-3H3,(H2,29,33)(H,30,35)(H,32,34)/b22-14-,23-20+,28-15?. The number of amides is 1. The largest absolute Gasteiger partial charge is 0.364 e. The number of likely N-dealkylation sites (N-methyl/N-ethyl adjacent to an activating group) is 1. The molecule has 0 fully saturated rings. The highest BCUT2D eigenvalue weighted by Crippen LogP contribution is 2.22. The molecule has 1 aliphatic heterocycles. The number of pyridine rings is 1. The molecule has 1 amide bonds. The van der Waals surface area contributed by atoms with Crippen LogP contribution in [0.1, 0.15) is 24.2 Å². The van der Waals surface area contributed by atoms with Gasteiger partial charge in [0.2, 0.25) is 0 Å². The van der Waals surface area contributed by atoms with Crippen LogP contribution >= 0.6 is 0 Å². The fourth-order valence-corrected chi connectivity index (χ4v) is 3.46. The monoisotopic (exact) mass is 473 g/mol. The van der Waals surface area contributed by atoms with Gasteiger partial charge in [-0.3, -0.25) is 10.2 Å². The Hall–Kier alpha value is -4.53. The maximum absolute atomic E-state index is 14.2. The van der Waals surface area contributed by atoms with Crippen LogP contribution in [0.5, 0.6) is 0 Å². The van der Waals surface area contributed by atoms with Crippen LogP contribution in [-0.4, -0.2) is 30.0 Å². The summed E-state index contributed by atoms with van der Waals surface area (Å²) < 4.78 is 14.2. The first kappa shape index (κ1) is 25.1. The summed E-state index contributed by atoms with van der Waals surface area (Å²) in [7, 11) is 1.50. The second kappa shape index (κ2) is 11.6. The summed E-state index contributed by atoms with van der Waals surface area (Å²) in [5.74, 6) is -0.130. The second-order valence-electron chi connectivity index (χ2n) is 7.78. The Bertz CT molecular complexity index is 1260. The van der Waals surface area contributed by atoms with Gasteiger partial charge in [0.1, 0.15) is 17.5 Å². The molecule has 9 heteroatoms. The maximum Gasteiger partial charge on any atom is 0.254 e. The third kappa shape index (κ3) is 6.50. The number of nitrogens with zero attached hydrogens (tertiary/aromatic N) is 1. The highest BCUT2D eigenvalue weighted by molar-refractivity contribution is 6.12. The average Bonchev–Trinajstić information content (AvgIpc) is 2.84. The van der Waals surface area contributed by atoms with Crippen molar-refractivity contribution in [1.29, 1.82) is 10.8 Å². The Morgan fingerprint density at radius 2 is 1.97 bits per heavy atom. The molecule has 0 bridgehead atoms. The van der Waals surface area contributed by atoms with Crippen molar-refractivity contribution >= 4 is 23.8 Å². The van der Waals surface area contributed by atoms with Crippen LogP contribution in [-0.2, 0) is 4.79 Å². The van der Waals surface area contributed by atoms with E-state index in [1.165, 1.54) is 13.1 Å². The molecule has 0 radical (unpaired) electrons. The van der Waals surface area contributed by atoms with E-state index in [2.05, 4.69) is 26.3 Å². The second-order valence-corrected chi connectivity index (χ2v) is 7.78. The predicted molar refractivity (Wildman–Crippen MR) is 137 cm³/mol. The molecular weight excluding hydrogens is 445 g/mol. The normalized spacial score (nSPS) is 15.3. The molecule has 1 unspecified atom stereocenters. The highest BCUT2D eigenvalue weighted by atomic mass is 19.1. The molecule has 2 heterocycles. The van der Waals surface area contributed by atoms with Crippen LogP contribution in [0.4, 0.5) is 10.2 Å². The molecule has 1 atom stereocenters. The van der Waals surface area contributed by atoms with Crippen molar-refractivity contribution in [2.75, 3.05) is 12.4 Å². The van der Waals surface area contributed by atoms with Gasteiger partial charge < -0.3 is 26.7 Å². The van der Waals surface area contributed by atoms with Crippen molar-refractivity contribution in [2.45, 2.75) is 19.9 Å². The molecule has 6 N–H and O–H groups in total. The molecule has 1 aliphatic rings. The third-order valence-corrected chi connectivity index (χ3v) is 5.20. The molecule has 1 aromatic carbocycles. The Balaban J connectivity index is 1.98. The van der Waals surface area contributed by atoms with E-state index in [4.69, 9.17) is 10.8 Å². The summed E-state index contributed by atoms with van der Waals surface area (Å²) >= 11 is 0. The molecule has 35 heavy (non-hydrogen) atoms. The van der Waals surface area contributed by atoms with Gasteiger partial charge in [-0.15, -0.1) is 0 Å². The summed E-state index contributed by atoms with van der Waals surface area (Å²) in [5, 5.41) is 27.9. The van der Waals surface area contributed by atoms with E-state index >= 15 is 0 Å². The van der Waals surface area contributed by atoms with Gasteiger partial charge in [0.05, 0.1) is 23.0 Å². The lowest BCUT2D eigenvalue weighted by molar-refractivity contribution is -0.116. The number of hydrogen-bond acceptors (Lipinski definition) is 6. The number of allylic oxidation sites excluding steroid dienone is 2. The van der Waals surface area contributed by atoms with E-state index in [9.17, 15) is 9.18 Å². The maximum atomic E-state index is 14.2. The van der Waals surface area contributed by atoms with E-state index < -0.39 is 11.9 Å². The Morgan fingerprint density at radius 3 is 2.66 bits per heavy atom. The topological polar surface area (TPSA) is 126 Å². The number of aryl methyl sites for hydroxylation is 1. The number of benzene rings is 1. The number of nitrogens with one attached hydrogen (secondary N) is 6. The first-order valence-electron chi connectivity index (χ1n) is 11.0. The molecular formula is C26H28FN7O. The SMILES string of the molecule is CNC(=O)/C(C=N)=C1C=C(/C(=C/C(=N)NC(C)c2ccccc2F)Nc2cccc(C)n2)C=CN\1. The van der Waals surface area contributed by atoms with Gasteiger partial charge in [-0.2, -0.15) is 0 Å². The lowest BCUT2D eigenvalue weighted by Gasteiger charge is -2.19. The summed E-state index contributed by atoms with van der Waals surface area (Å²) in [6, 6.07) is 11.5. The number of dihydropyridines is 1. The Kier molecular flexibility index (Phi) is 8.29. The van der Waals surface area contributed by atoms with Gasteiger partial charge in [0.25, 0.3) is 5.91 Å². The molecule has 0 spiro atoms. The number of anilines is 1. The van der Waals surface area contributed by atoms with Crippen LogP contribution in [0, 0.1) is 23.6 Å². The van der Waals surface area contributed by atoms with Crippen LogP contribution < -0.4 is 21.3 Å². The number of hydrogen-bond donors (Lipinski definition) is 6. The van der Waals surface area contributed by atoms with Gasteiger partial charge in [-0.05, 0) is 44.2 Å². The van der Waals surface area contributed by atoms with Crippen molar-refractivity contribution in [2.24, 2.45) is 0 Å². The van der Waals surface area contributed by atoms with Crippen molar-refractivity contribution < 1.29 is 9.18 Å². The van der Waals surface area contributed by atoms with Gasteiger partial charge in [0.15, 0.2) is 0 Å². The van der Waals surface area contributed by atoms with Crippen LogP contribution in [0.15, 0.2) is 89.4 Å². The zero-order valence-electron chi connectivity index (χ0n) is 19.7. The van der Waals surface area contributed by atoms with Crippen LogP contribution in [0.2, 0.25) is 0 Å². The minimum absolute atomic E-state index is 0.0489. The number of amidine groups is 1. The highest BCUT2D eigenvalue weighted by Gasteiger charge is 2.16. The van der Waals surface area contributed by atoms with Gasteiger partial charge in [-0.1, -0.05) is 24.3 Å². The van der Waals surface area contributed by atoms with E-state index in [-0.39, 0.29) is 17.2 Å². The van der Waals surface area contributed by atoms with Crippen molar-refractivity contribution in [3.8, 4) is 0 Å². The Morgan fingerprint density at radius 1 is 1.20 bits per heavy atom. The van der Waals surface area contributed by atoms with E-state index in [0.29, 0.717) is 28.3 Å². The number of aromatic nitrogens is 1. The quantitative estimate of drug-likeness (QED) is 0.197. The van der Waals surface area contributed by atoms with Crippen molar-refractivity contribution in [3.63, 3.8) is 0 Å². The molecule has 1 aromatic heterocycles. The van der Waals surface area contributed by atoms with Crippen LogP contribution in [0.25, 0.3) is 0 Å². The average molecular weight is 474 g/mol. The summed E-state index contributed by atoms with van der Waals surface area (Å²) in [6.07, 6.45) is 7.68. The van der Waals surface area contributed by atoms with Gasteiger partial charge >= 0.3 is 0 Å². The lowest BCUT2D eigenvalue weighted by atomic mass is 10.0. The fourth-order valence-electron chi connectivity index (χ4n) is 3.46. The zero-order chi connectivity index (χ0) is 25.4. The molecule has 2 aromatic rings. The number of carbonyl (C=O) groups excluding carboxylic acids is 1. The van der Waals surface area contributed by atoms with E-state index in [0.717, 1.165) is 11.9 Å². The number of carbonyl (C=O) groups is 1. The summed E-state index contributed by atoms with van der Waals surface area (Å²) in [6.45, 7) is 3.65. The third-order valence-electron chi connectivity index (χ3n) is 5.20. The minimum atomic E-state index is -0.441. The lowest BCUT2D eigenvalue weighted by Crippen LogP contribution is -2.26. The smallest absolute Gasteiger partial charge is 0.254 e. The summed E-state index contributed by atoms with van der Waals surface area (Å²) in [5.41, 5.74) is 3.03. The van der Waals surface area contributed by atoms with E-state index in [1.807, 2.05) is 19.1 Å². The van der Waals surface area contributed by atoms with Crippen LogP contribution in [0.3, 0.4) is 0 Å². The van der Waals surface area contributed by atoms with Gasteiger partial charge in [-0.25, -0.2) is 9.37 Å². The zero-order valence-corrected chi connectivity index (χ0v) is 19.7. The minimum Gasteiger partial charge on any atom is -0.364 e. The number of halogens is 1. The first-order valence-corrected chi connectivity index (χ1v) is 11.0. The molecule has 180 valence electrons. The Labute approximate surface area is 203 Å². The number of rotatable bonds is 8. The molecule has 8 nitrogen and oxygen atoms in total. The van der Waals surface area contributed by atoms with Crippen molar-refractivity contribution in [3.05, 3.63) is 107 Å². The first-order chi connectivity index (χ1) is 16.8. The molecule has 3 rings (SSSR count). The van der Waals surface area contributed by atoms with E-state index in [1.54, 1.807) is 55.6 Å². The molecule has 0 saturated heterocycles.